The highest BCUT2D eigenvalue weighted by atomic mass is 32.2. The normalized spacial score (nSPS) is 12.9. The molecule has 0 radical (unpaired) electrons. The van der Waals surface area contributed by atoms with Crippen molar-refractivity contribution in [2.24, 2.45) is 5.92 Å². The van der Waals surface area contributed by atoms with Gasteiger partial charge in [0.15, 0.2) is 0 Å². The van der Waals surface area contributed by atoms with Crippen LogP contribution in [0.2, 0.25) is 0 Å². The van der Waals surface area contributed by atoms with Gasteiger partial charge in [0.2, 0.25) is 0 Å². The first-order valence-corrected chi connectivity index (χ1v) is 8.08. The van der Waals surface area contributed by atoms with E-state index in [0.717, 1.165) is 18.9 Å². The third-order valence-electron chi connectivity index (χ3n) is 2.63. The van der Waals surface area contributed by atoms with Gasteiger partial charge in [-0.15, -0.1) is 0 Å². The number of nitrogens with one attached hydrogen (secondary N) is 1. The monoisotopic (exact) mass is 266 g/mol. The predicted molar refractivity (Wildman–Crippen MR) is 82.2 cm³/mol. The van der Waals surface area contributed by atoms with Crippen LogP contribution in [0.15, 0.2) is 24.4 Å². The third-order valence-corrected chi connectivity index (χ3v) is 4.18. The molecule has 0 aromatic carbocycles. The first kappa shape index (κ1) is 15.5. The van der Waals surface area contributed by atoms with Crippen LogP contribution < -0.4 is 5.32 Å². The predicted octanol–water partition coefficient (Wildman–Crippen LogP) is 3.38. The zero-order chi connectivity index (χ0) is 13.2. The summed E-state index contributed by atoms with van der Waals surface area (Å²) >= 11 is 2.05. The SMILES string of the molecule is CCCNC(CSCC(C)C)Cc1ccccn1. The number of nitrogens with zero attached hydrogens (tertiary/aromatic N) is 1. The van der Waals surface area contributed by atoms with E-state index in [1.165, 1.54) is 23.6 Å². The van der Waals surface area contributed by atoms with Gasteiger partial charge in [0.25, 0.3) is 0 Å². The molecule has 1 heterocycles. The number of pyridine rings is 1. The van der Waals surface area contributed by atoms with Crippen LogP contribution >= 0.6 is 11.8 Å². The lowest BCUT2D eigenvalue weighted by Gasteiger charge is -2.18. The molecule has 1 aromatic heterocycles. The lowest BCUT2D eigenvalue weighted by Crippen LogP contribution is -2.34. The van der Waals surface area contributed by atoms with E-state index in [4.69, 9.17) is 0 Å². The number of hydrogen-bond acceptors (Lipinski definition) is 3. The van der Waals surface area contributed by atoms with Crippen molar-refractivity contribution in [2.75, 3.05) is 18.1 Å². The van der Waals surface area contributed by atoms with Crippen molar-refractivity contribution in [1.29, 1.82) is 0 Å². The molecule has 0 amide bonds. The first-order chi connectivity index (χ1) is 8.72. The minimum atomic E-state index is 0.545. The molecule has 0 saturated heterocycles. The van der Waals surface area contributed by atoms with Crippen molar-refractivity contribution in [3.05, 3.63) is 30.1 Å². The number of aromatic nitrogens is 1. The Labute approximate surface area is 116 Å². The summed E-state index contributed by atoms with van der Waals surface area (Å²) in [4.78, 5) is 4.42. The van der Waals surface area contributed by atoms with Gasteiger partial charge in [-0.1, -0.05) is 26.8 Å². The molecule has 3 heteroatoms. The summed E-state index contributed by atoms with van der Waals surface area (Å²) in [6.45, 7) is 7.87. The molecular weight excluding hydrogens is 240 g/mol. The van der Waals surface area contributed by atoms with Gasteiger partial charge >= 0.3 is 0 Å². The van der Waals surface area contributed by atoms with Gasteiger partial charge in [-0.3, -0.25) is 4.98 Å². The Morgan fingerprint density at radius 1 is 1.28 bits per heavy atom. The van der Waals surface area contributed by atoms with Gasteiger partial charge in [-0.05, 0) is 36.8 Å². The second kappa shape index (κ2) is 9.40. The van der Waals surface area contributed by atoms with Gasteiger partial charge in [-0.25, -0.2) is 0 Å². The Bertz CT molecular complexity index is 301. The fraction of sp³-hybridized carbons (Fsp3) is 0.667. The standard InChI is InChI=1S/C15H26N2S/c1-4-8-16-15(12-18-11-13(2)3)10-14-7-5-6-9-17-14/h5-7,9,13,15-16H,4,8,10-12H2,1-3H3. The first-order valence-electron chi connectivity index (χ1n) is 6.93. The number of hydrogen-bond donors (Lipinski definition) is 1. The van der Waals surface area contributed by atoms with Gasteiger partial charge in [0, 0.05) is 30.1 Å². The van der Waals surface area contributed by atoms with Crippen LogP contribution in [0.4, 0.5) is 0 Å². The van der Waals surface area contributed by atoms with Crippen molar-refractivity contribution in [3.8, 4) is 0 Å². The molecule has 0 aliphatic carbocycles. The maximum Gasteiger partial charge on any atom is 0.0419 e. The third kappa shape index (κ3) is 7.02. The van der Waals surface area contributed by atoms with Crippen LogP contribution in [-0.2, 0) is 6.42 Å². The molecule has 1 rings (SSSR count). The quantitative estimate of drug-likeness (QED) is 0.741. The fourth-order valence-corrected chi connectivity index (χ4v) is 2.88. The fourth-order valence-electron chi connectivity index (χ4n) is 1.76. The minimum Gasteiger partial charge on any atom is -0.313 e. The van der Waals surface area contributed by atoms with E-state index in [2.05, 4.69) is 43.2 Å². The summed E-state index contributed by atoms with van der Waals surface area (Å²) in [5.74, 6) is 3.19. The Hall–Kier alpha value is -0.540. The van der Waals surface area contributed by atoms with E-state index >= 15 is 0 Å². The van der Waals surface area contributed by atoms with Crippen LogP contribution in [-0.4, -0.2) is 29.1 Å². The summed E-state index contributed by atoms with van der Waals surface area (Å²) in [7, 11) is 0. The van der Waals surface area contributed by atoms with Crippen molar-refractivity contribution >= 4 is 11.8 Å². The second-order valence-corrected chi connectivity index (χ2v) is 6.18. The van der Waals surface area contributed by atoms with Crippen LogP contribution in [0.3, 0.4) is 0 Å². The summed E-state index contributed by atoms with van der Waals surface area (Å²) in [6.07, 6.45) is 4.10. The van der Waals surface area contributed by atoms with E-state index in [-0.39, 0.29) is 0 Å². The van der Waals surface area contributed by atoms with Crippen LogP contribution in [0, 0.1) is 5.92 Å². The Morgan fingerprint density at radius 2 is 2.11 bits per heavy atom. The average molecular weight is 266 g/mol. The molecule has 2 nitrogen and oxygen atoms in total. The summed E-state index contributed by atoms with van der Waals surface area (Å²) in [6, 6.07) is 6.71. The Morgan fingerprint density at radius 3 is 2.72 bits per heavy atom. The molecule has 1 unspecified atom stereocenters. The topological polar surface area (TPSA) is 24.9 Å². The smallest absolute Gasteiger partial charge is 0.0419 e. The zero-order valence-electron chi connectivity index (χ0n) is 11.9. The molecule has 1 aromatic rings. The molecular formula is C15H26N2S. The molecule has 0 saturated carbocycles. The average Bonchev–Trinajstić information content (AvgIpc) is 2.36. The number of thioether (sulfide) groups is 1. The van der Waals surface area contributed by atoms with Crippen LogP contribution in [0.5, 0.6) is 0 Å². The van der Waals surface area contributed by atoms with E-state index in [0.29, 0.717) is 6.04 Å². The zero-order valence-corrected chi connectivity index (χ0v) is 12.7. The molecule has 1 atom stereocenters. The highest BCUT2D eigenvalue weighted by Gasteiger charge is 2.10. The lowest BCUT2D eigenvalue weighted by molar-refractivity contribution is 0.545. The van der Waals surface area contributed by atoms with Crippen LogP contribution in [0.1, 0.15) is 32.9 Å². The van der Waals surface area contributed by atoms with Gasteiger partial charge < -0.3 is 5.32 Å². The van der Waals surface area contributed by atoms with Crippen molar-refractivity contribution in [1.82, 2.24) is 10.3 Å². The molecule has 0 aliphatic heterocycles. The molecule has 0 aliphatic rings. The lowest BCUT2D eigenvalue weighted by atomic mass is 10.1. The number of rotatable bonds is 9. The summed E-state index contributed by atoms with van der Waals surface area (Å²) < 4.78 is 0. The maximum absolute atomic E-state index is 4.42. The Balaban J connectivity index is 2.39. The molecule has 18 heavy (non-hydrogen) atoms. The molecule has 0 spiro atoms. The molecule has 0 bridgehead atoms. The van der Waals surface area contributed by atoms with Crippen molar-refractivity contribution < 1.29 is 0 Å². The highest BCUT2D eigenvalue weighted by Crippen LogP contribution is 2.11. The molecule has 1 N–H and O–H groups in total. The molecule has 0 fully saturated rings. The van der Waals surface area contributed by atoms with Gasteiger partial charge in [-0.2, -0.15) is 11.8 Å². The summed E-state index contributed by atoms with van der Waals surface area (Å²) in [5, 5.41) is 3.63. The van der Waals surface area contributed by atoms with E-state index in [1.54, 1.807) is 0 Å². The van der Waals surface area contributed by atoms with E-state index < -0.39 is 0 Å². The molecule has 102 valence electrons. The van der Waals surface area contributed by atoms with Crippen LogP contribution in [0.25, 0.3) is 0 Å². The van der Waals surface area contributed by atoms with Crippen molar-refractivity contribution in [2.45, 2.75) is 39.7 Å². The maximum atomic E-state index is 4.42. The highest BCUT2D eigenvalue weighted by molar-refractivity contribution is 7.99. The Kier molecular flexibility index (Phi) is 8.10. The second-order valence-electron chi connectivity index (χ2n) is 5.11. The largest absolute Gasteiger partial charge is 0.313 e. The van der Waals surface area contributed by atoms with Gasteiger partial charge in [0.1, 0.15) is 0 Å². The van der Waals surface area contributed by atoms with E-state index in [9.17, 15) is 0 Å². The minimum absolute atomic E-state index is 0.545. The van der Waals surface area contributed by atoms with Crippen molar-refractivity contribution in [3.63, 3.8) is 0 Å². The van der Waals surface area contributed by atoms with Gasteiger partial charge in [0.05, 0.1) is 0 Å². The van der Waals surface area contributed by atoms with E-state index in [1.807, 2.05) is 24.0 Å². The summed E-state index contributed by atoms with van der Waals surface area (Å²) in [5.41, 5.74) is 1.19.